The highest BCUT2D eigenvalue weighted by atomic mass is 32.1. The van der Waals surface area contributed by atoms with Crippen molar-refractivity contribution in [2.45, 2.75) is 39.5 Å². The Labute approximate surface area is 130 Å². The fourth-order valence-corrected chi connectivity index (χ4v) is 3.17. The number of hydrogen-bond acceptors (Lipinski definition) is 5. The molecule has 6 heteroatoms. The summed E-state index contributed by atoms with van der Waals surface area (Å²) in [6.45, 7) is 5.16. The van der Waals surface area contributed by atoms with Crippen LogP contribution in [-0.2, 0) is 0 Å². The lowest BCUT2D eigenvalue weighted by molar-refractivity contribution is 0.0968. The maximum Gasteiger partial charge on any atom is 0.263 e. The van der Waals surface area contributed by atoms with Crippen LogP contribution in [0.4, 0.5) is 10.7 Å². The van der Waals surface area contributed by atoms with Crippen LogP contribution in [0.1, 0.15) is 54.8 Å². The molecule has 0 aliphatic rings. The van der Waals surface area contributed by atoms with Crippen LogP contribution < -0.4 is 16.4 Å². The molecule has 1 atom stereocenters. The number of nitrogens with two attached hydrogens (primary N) is 1. The minimum atomic E-state index is -0.250. The predicted molar refractivity (Wildman–Crippen MR) is 88.6 cm³/mol. The zero-order valence-corrected chi connectivity index (χ0v) is 13.8. The van der Waals surface area contributed by atoms with Gasteiger partial charge in [0.2, 0.25) is 0 Å². The lowest BCUT2D eigenvalue weighted by Gasteiger charge is -2.15. The molecule has 0 aliphatic heterocycles. The number of rotatable bonds is 8. The molecule has 0 spiro atoms. The maximum absolute atomic E-state index is 11.7. The summed E-state index contributed by atoms with van der Waals surface area (Å²) in [5, 5.41) is 15.8. The molecule has 1 aromatic heterocycles. The van der Waals surface area contributed by atoms with E-state index in [0.29, 0.717) is 21.4 Å². The number of carbonyl (C=O) groups is 1. The number of unbranched alkanes of at least 4 members (excludes halogenated alkanes) is 1. The van der Waals surface area contributed by atoms with E-state index in [1.165, 1.54) is 30.6 Å². The number of hydrogen-bond donors (Lipinski definition) is 3. The van der Waals surface area contributed by atoms with Crippen molar-refractivity contribution >= 4 is 27.9 Å². The first kappa shape index (κ1) is 17.3. The molecule has 1 unspecified atom stereocenters. The van der Waals surface area contributed by atoms with Crippen LogP contribution in [0.3, 0.4) is 0 Å². The lowest BCUT2D eigenvalue weighted by atomic mass is 9.99. The van der Waals surface area contributed by atoms with E-state index < -0.39 is 0 Å². The number of carbonyl (C=O) groups excluding carboxylic acids is 1. The Kier molecular flexibility index (Phi) is 7.03. The minimum Gasteiger partial charge on any atom is -0.396 e. The van der Waals surface area contributed by atoms with Gasteiger partial charge in [0.25, 0.3) is 5.91 Å². The highest BCUT2D eigenvalue weighted by Gasteiger charge is 2.20. The van der Waals surface area contributed by atoms with Crippen molar-refractivity contribution in [2.24, 2.45) is 5.92 Å². The van der Waals surface area contributed by atoms with Crippen molar-refractivity contribution in [1.29, 1.82) is 5.26 Å². The number of nitrogen functional groups attached to an aromatic ring is 1. The number of amides is 1. The van der Waals surface area contributed by atoms with Crippen LogP contribution in [-0.4, -0.2) is 19.5 Å². The molecular weight excluding hydrogens is 284 g/mol. The summed E-state index contributed by atoms with van der Waals surface area (Å²) in [6.07, 6.45) is 4.66. The standard InChI is InChI=1S/C15H24N4OS/c1-4-6-7-10(5-2)9-19-15-11(8-16)12(17)13(21-15)14(20)18-3/h10,19H,4-7,9,17H2,1-3H3,(H,18,20). The Balaban J connectivity index is 2.83. The van der Waals surface area contributed by atoms with Gasteiger partial charge in [0.15, 0.2) is 0 Å². The molecule has 1 amide bonds. The molecule has 21 heavy (non-hydrogen) atoms. The average Bonchev–Trinajstić information content (AvgIpc) is 2.82. The molecule has 0 radical (unpaired) electrons. The van der Waals surface area contributed by atoms with Gasteiger partial charge in [-0.2, -0.15) is 5.26 Å². The first-order valence-electron chi connectivity index (χ1n) is 7.37. The zero-order chi connectivity index (χ0) is 15.8. The largest absolute Gasteiger partial charge is 0.396 e. The van der Waals surface area contributed by atoms with E-state index in [2.05, 4.69) is 30.6 Å². The highest BCUT2D eigenvalue weighted by Crippen LogP contribution is 2.35. The van der Waals surface area contributed by atoms with Crippen LogP contribution in [0.25, 0.3) is 0 Å². The molecule has 5 nitrogen and oxygen atoms in total. The number of nitrogens with one attached hydrogen (secondary N) is 2. The van der Waals surface area contributed by atoms with Crippen molar-refractivity contribution in [3.63, 3.8) is 0 Å². The van der Waals surface area contributed by atoms with Gasteiger partial charge in [0.05, 0.1) is 5.69 Å². The van der Waals surface area contributed by atoms with Crippen molar-refractivity contribution in [2.75, 3.05) is 24.6 Å². The summed E-state index contributed by atoms with van der Waals surface area (Å²) >= 11 is 1.25. The number of thiophene rings is 1. The zero-order valence-electron chi connectivity index (χ0n) is 13.0. The smallest absolute Gasteiger partial charge is 0.263 e. The van der Waals surface area contributed by atoms with E-state index >= 15 is 0 Å². The molecule has 4 N–H and O–H groups in total. The van der Waals surface area contributed by atoms with Gasteiger partial charge in [-0.1, -0.05) is 33.1 Å². The van der Waals surface area contributed by atoms with Gasteiger partial charge in [-0.25, -0.2) is 0 Å². The van der Waals surface area contributed by atoms with Gasteiger partial charge in [0.1, 0.15) is 21.5 Å². The Morgan fingerprint density at radius 3 is 2.71 bits per heavy atom. The first-order valence-corrected chi connectivity index (χ1v) is 8.18. The third-order valence-corrected chi connectivity index (χ3v) is 4.75. The summed E-state index contributed by atoms with van der Waals surface area (Å²) in [6, 6.07) is 2.09. The summed E-state index contributed by atoms with van der Waals surface area (Å²) in [5.74, 6) is 0.323. The van der Waals surface area contributed by atoms with Crippen LogP contribution in [0.15, 0.2) is 0 Å². The molecular formula is C15H24N4OS. The highest BCUT2D eigenvalue weighted by molar-refractivity contribution is 7.18. The van der Waals surface area contributed by atoms with Crippen LogP contribution in [0.5, 0.6) is 0 Å². The summed E-state index contributed by atoms with van der Waals surface area (Å²) in [4.78, 5) is 12.1. The minimum absolute atomic E-state index is 0.250. The van der Waals surface area contributed by atoms with Crippen molar-refractivity contribution in [1.82, 2.24) is 5.32 Å². The third-order valence-electron chi connectivity index (χ3n) is 3.58. The van der Waals surface area contributed by atoms with E-state index in [-0.39, 0.29) is 11.6 Å². The van der Waals surface area contributed by atoms with Crippen LogP contribution in [0.2, 0.25) is 0 Å². The van der Waals surface area contributed by atoms with E-state index in [1.807, 2.05) is 0 Å². The summed E-state index contributed by atoms with van der Waals surface area (Å²) in [7, 11) is 1.55. The molecule has 0 aliphatic carbocycles. The second-order valence-electron chi connectivity index (χ2n) is 5.04. The normalized spacial score (nSPS) is 11.7. The molecule has 0 saturated heterocycles. The van der Waals surface area contributed by atoms with Gasteiger partial charge in [-0.15, -0.1) is 11.3 Å². The number of nitriles is 1. The lowest BCUT2D eigenvalue weighted by Crippen LogP contribution is -2.17. The van der Waals surface area contributed by atoms with Gasteiger partial charge in [-0.05, 0) is 12.3 Å². The molecule has 0 saturated carbocycles. The topological polar surface area (TPSA) is 90.9 Å². The Morgan fingerprint density at radius 1 is 1.48 bits per heavy atom. The van der Waals surface area contributed by atoms with Crippen LogP contribution in [0, 0.1) is 17.2 Å². The van der Waals surface area contributed by atoms with E-state index in [4.69, 9.17) is 5.73 Å². The predicted octanol–water partition coefficient (Wildman–Crippen LogP) is 3.19. The second-order valence-corrected chi connectivity index (χ2v) is 6.06. The van der Waals surface area contributed by atoms with Crippen LogP contribution >= 0.6 is 11.3 Å². The van der Waals surface area contributed by atoms with Gasteiger partial charge in [-0.3, -0.25) is 4.79 Å². The number of anilines is 2. The van der Waals surface area contributed by atoms with Crippen molar-refractivity contribution in [3.05, 3.63) is 10.4 Å². The van der Waals surface area contributed by atoms with Crippen molar-refractivity contribution < 1.29 is 4.79 Å². The average molecular weight is 308 g/mol. The monoisotopic (exact) mass is 308 g/mol. The number of nitrogens with zero attached hydrogens (tertiary/aromatic N) is 1. The quantitative estimate of drug-likeness (QED) is 0.688. The SMILES string of the molecule is CCCCC(CC)CNc1sc(C(=O)NC)c(N)c1C#N. The van der Waals surface area contributed by atoms with Gasteiger partial charge >= 0.3 is 0 Å². The summed E-state index contributed by atoms with van der Waals surface area (Å²) < 4.78 is 0. The van der Waals surface area contributed by atoms with Gasteiger partial charge < -0.3 is 16.4 Å². The Morgan fingerprint density at radius 2 is 2.19 bits per heavy atom. The summed E-state index contributed by atoms with van der Waals surface area (Å²) in [5.41, 5.74) is 6.55. The van der Waals surface area contributed by atoms with E-state index in [0.717, 1.165) is 13.0 Å². The molecule has 116 valence electrons. The fourth-order valence-electron chi connectivity index (χ4n) is 2.14. The maximum atomic E-state index is 11.7. The second kappa shape index (κ2) is 8.53. The molecule has 1 heterocycles. The van der Waals surface area contributed by atoms with Crippen molar-refractivity contribution in [3.8, 4) is 6.07 Å². The van der Waals surface area contributed by atoms with Gasteiger partial charge in [0, 0.05) is 13.6 Å². The molecule has 1 aromatic rings. The fraction of sp³-hybridized carbons (Fsp3) is 0.600. The van der Waals surface area contributed by atoms with E-state index in [1.54, 1.807) is 7.05 Å². The molecule has 0 fully saturated rings. The Bertz CT molecular complexity index is 518. The first-order chi connectivity index (χ1) is 10.1. The van der Waals surface area contributed by atoms with E-state index in [9.17, 15) is 10.1 Å². The molecule has 0 bridgehead atoms. The third kappa shape index (κ3) is 4.36. The Hall–Kier alpha value is -1.74. The molecule has 0 aromatic carbocycles. The molecule has 1 rings (SSSR count).